The van der Waals surface area contributed by atoms with E-state index < -0.39 is 5.60 Å². The van der Waals surface area contributed by atoms with Gasteiger partial charge in [-0.15, -0.1) is 0 Å². The van der Waals surface area contributed by atoms with E-state index in [1.807, 2.05) is 24.3 Å². The molecule has 2 unspecified atom stereocenters. The highest BCUT2D eigenvalue weighted by atomic mass is 16.3. The lowest BCUT2D eigenvalue weighted by Gasteiger charge is -2.43. The van der Waals surface area contributed by atoms with Crippen LogP contribution in [-0.2, 0) is 10.4 Å². The van der Waals surface area contributed by atoms with E-state index in [4.69, 9.17) is 0 Å². The molecule has 1 aromatic carbocycles. The lowest BCUT2D eigenvalue weighted by atomic mass is 9.68. The number of benzene rings is 1. The second-order valence-electron chi connectivity index (χ2n) is 6.58. The van der Waals surface area contributed by atoms with E-state index >= 15 is 0 Å². The summed E-state index contributed by atoms with van der Waals surface area (Å²) in [5.74, 6) is 0.0425. The smallest absolute Gasteiger partial charge is 0.231 e. The molecule has 0 saturated heterocycles. The van der Waals surface area contributed by atoms with Crippen LogP contribution in [0.1, 0.15) is 57.4 Å². The zero-order chi connectivity index (χ0) is 14.9. The number of unbranched alkanes of at least 4 members (excludes halogenated alkanes) is 1. The zero-order valence-corrected chi connectivity index (χ0v) is 12.8. The van der Waals surface area contributed by atoms with Crippen molar-refractivity contribution < 1.29 is 9.90 Å². The van der Waals surface area contributed by atoms with Crippen molar-refractivity contribution in [3.05, 3.63) is 29.8 Å². The molecule has 114 valence electrons. The van der Waals surface area contributed by atoms with Gasteiger partial charge < -0.3 is 10.4 Å². The Balaban J connectivity index is 2.03. The molecule has 0 spiro atoms. The van der Waals surface area contributed by atoms with E-state index in [2.05, 4.69) is 12.2 Å². The number of nitrogens with one attached hydrogen (secondary N) is 1. The molecule has 2 aliphatic rings. The van der Waals surface area contributed by atoms with Gasteiger partial charge in [0, 0.05) is 11.3 Å². The van der Waals surface area contributed by atoms with Crippen LogP contribution in [0.15, 0.2) is 24.3 Å². The molecule has 1 aromatic rings. The van der Waals surface area contributed by atoms with E-state index in [-0.39, 0.29) is 11.8 Å². The first-order valence-corrected chi connectivity index (χ1v) is 8.29. The molecule has 1 aliphatic carbocycles. The van der Waals surface area contributed by atoms with Gasteiger partial charge in [-0.05, 0) is 31.2 Å². The summed E-state index contributed by atoms with van der Waals surface area (Å²) in [6.07, 6.45) is 7.14. The summed E-state index contributed by atoms with van der Waals surface area (Å²) in [5, 5.41) is 14.5. The summed E-state index contributed by atoms with van der Waals surface area (Å²) in [5.41, 5.74) is 0.703. The molecule has 3 rings (SSSR count). The van der Waals surface area contributed by atoms with Crippen molar-refractivity contribution in [2.24, 2.45) is 11.8 Å². The van der Waals surface area contributed by atoms with Crippen molar-refractivity contribution in [2.75, 3.05) is 5.32 Å². The highest BCUT2D eigenvalue weighted by Crippen LogP contribution is 2.49. The van der Waals surface area contributed by atoms with Crippen molar-refractivity contribution in [3.63, 3.8) is 0 Å². The van der Waals surface area contributed by atoms with Gasteiger partial charge >= 0.3 is 0 Å². The Labute approximate surface area is 126 Å². The summed E-state index contributed by atoms with van der Waals surface area (Å²) < 4.78 is 0. The van der Waals surface area contributed by atoms with Crippen molar-refractivity contribution >= 4 is 11.6 Å². The summed E-state index contributed by atoms with van der Waals surface area (Å²) in [7, 11) is 0. The van der Waals surface area contributed by atoms with Crippen LogP contribution in [-0.4, -0.2) is 11.0 Å². The maximum atomic E-state index is 12.7. The Morgan fingerprint density at radius 2 is 2.00 bits per heavy atom. The average molecular weight is 287 g/mol. The normalized spacial score (nSPS) is 29.2. The Bertz CT molecular complexity index is 522. The monoisotopic (exact) mass is 287 g/mol. The number of anilines is 1. The van der Waals surface area contributed by atoms with E-state index in [0.717, 1.165) is 36.9 Å². The maximum Gasteiger partial charge on any atom is 0.231 e. The van der Waals surface area contributed by atoms with Gasteiger partial charge in [-0.25, -0.2) is 0 Å². The molecule has 3 nitrogen and oxygen atoms in total. The lowest BCUT2D eigenvalue weighted by molar-refractivity contribution is -0.137. The minimum Gasteiger partial charge on any atom is -0.384 e. The number of para-hydroxylation sites is 1. The van der Waals surface area contributed by atoms with Gasteiger partial charge in [0.2, 0.25) is 5.91 Å². The molecule has 21 heavy (non-hydrogen) atoms. The quantitative estimate of drug-likeness (QED) is 0.884. The molecule has 1 heterocycles. The predicted molar refractivity (Wildman–Crippen MR) is 83.9 cm³/mol. The molecular weight excluding hydrogens is 262 g/mol. The second kappa shape index (κ2) is 5.80. The molecule has 1 amide bonds. The number of amides is 1. The fourth-order valence-electron chi connectivity index (χ4n) is 4.20. The van der Waals surface area contributed by atoms with Crippen molar-refractivity contribution in [1.29, 1.82) is 0 Å². The average Bonchev–Trinajstić information content (AvgIpc) is 2.99. The van der Waals surface area contributed by atoms with E-state index in [0.29, 0.717) is 12.3 Å². The fourth-order valence-corrected chi connectivity index (χ4v) is 4.20. The Morgan fingerprint density at radius 1 is 1.29 bits per heavy atom. The maximum absolute atomic E-state index is 12.7. The minimum atomic E-state index is -0.996. The summed E-state index contributed by atoms with van der Waals surface area (Å²) in [6.45, 7) is 2.13. The summed E-state index contributed by atoms with van der Waals surface area (Å²) in [6, 6.07) is 7.75. The third-order valence-electron chi connectivity index (χ3n) is 5.23. The predicted octanol–water partition coefficient (Wildman–Crippen LogP) is 3.82. The van der Waals surface area contributed by atoms with Gasteiger partial charge in [-0.1, -0.05) is 50.8 Å². The number of carbonyl (C=O) groups is 1. The van der Waals surface area contributed by atoms with Crippen LogP contribution in [0.2, 0.25) is 0 Å². The first-order valence-electron chi connectivity index (χ1n) is 8.29. The number of rotatable bonds is 4. The van der Waals surface area contributed by atoms with Gasteiger partial charge in [0.15, 0.2) is 0 Å². The molecular formula is C18H25NO2. The topological polar surface area (TPSA) is 49.3 Å². The fraction of sp³-hybridized carbons (Fsp3) is 0.611. The highest BCUT2D eigenvalue weighted by molar-refractivity contribution is 5.97. The number of fused-ring (bicyclic) bond motifs is 1. The number of hydrogen-bond donors (Lipinski definition) is 2. The van der Waals surface area contributed by atoms with Gasteiger partial charge in [0.25, 0.3) is 0 Å². The summed E-state index contributed by atoms with van der Waals surface area (Å²) in [4.78, 5) is 12.7. The summed E-state index contributed by atoms with van der Waals surface area (Å²) >= 11 is 0. The molecule has 0 radical (unpaired) electrons. The molecule has 1 aliphatic heterocycles. The number of hydrogen-bond acceptors (Lipinski definition) is 2. The molecule has 3 heteroatoms. The molecule has 2 atom stereocenters. The molecule has 1 saturated carbocycles. The van der Waals surface area contributed by atoms with E-state index in [9.17, 15) is 9.90 Å². The minimum absolute atomic E-state index is 0.0132. The van der Waals surface area contributed by atoms with Crippen LogP contribution in [0.5, 0.6) is 0 Å². The van der Waals surface area contributed by atoms with Crippen LogP contribution < -0.4 is 5.32 Å². The van der Waals surface area contributed by atoms with Gasteiger partial charge in [-0.3, -0.25) is 4.79 Å². The van der Waals surface area contributed by atoms with E-state index in [1.54, 1.807) is 0 Å². The molecule has 2 N–H and O–H groups in total. The van der Waals surface area contributed by atoms with Crippen molar-refractivity contribution in [2.45, 2.75) is 57.5 Å². The Kier molecular flexibility index (Phi) is 4.03. The molecule has 1 fully saturated rings. The highest BCUT2D eigenvalue weighted by Gasteiger charge is 2.50. The third kappa shape index (κ3) is 2.48. The largest absolute Gasteiger partial charge is 0.384 e. The van der Waals surface area contributed by atoms with Crippen LogP contribution in [0.4, 0.5) is 5.69 Å². The van der Waals surface area contributed by atoms with Crippen LogP contribution in [0.3, 0.4) is 0 Å². The standard InChI is InChI=1S/C18H25NO2/c1-2-3-12-18(21)14-10-6-7-11-15(14)19-17(20)16(18)13-8-4-5-9-13/h6-7,10-11,13,16,21H,2-5,8-9,12H2,1H3,(H,19,20). The third-order valence-corrected chi connectivity index (χ3v) is 5.23. The van der Waals surface area contributed by atoms with Gasteiger partial charge in [0.1, 0.15) is 5.60 Å². The lowest BCUT2D eigenvalue weighted by Crippen LogP contribution is -2.49. The number of aliphatic hydroxyl groups is 1. The molecule has 0 aromatic heterocycles. The van der Waals surface area contributed by atoms with Crippen molar-refractivity contribution in [1.82, 2.24) is 0 Å². The van der Waals surface area contributed by atoms with Crippen LogP contribution in [0.25, 0.3) is 0 Å². The Morgan fingerprint density at radius 3 is 2.71 bits per heavy atom. The SMILES string of the molecule is CCCCC1(O)c2ccccc2NC(=O)C1C1CCCC1. The van der Waals surface area contributed by atoms with Crippen molar-refractivity contribution in [3.8, 4) is 0 Å². The molecule has 0 bridgehead atoms. The van der Waals surface area contributed by atoms with Gasteiger partial charge in [-0.2, -0.15) is 0 Å². The van der Waals surface area contributed by atoms with Crippen LogP contribution in [0, 0.1) is 11.8 Å². The second-order valence-corrected chi connectivity index (χ2v) is 6.58. The Hall–Kier alpha value is -1.35. The zero-order valence-electron chi connectivity index (χ0n) is 12.8. The first-order chi connectivity index (χ1) is 10.2. The van der Waals surface area contributed by atoms with Crippen LogP contribution >= 0.6 is 0 Å². The first kappa shape index (κ1) is 14.6. The van der Waals surface area contributed by atoms with E-state index in [1.165, 1.54) is 12.8 Å². The van der Waals surface area contributed by atoms with Gasteiger partial charge in [0.05, 0.1) is 5.92 Å². The number of carbonyl (C=O) groups excluding carboxylic acids is 1.